The Bertz CT molecular complexity index is 394. The molecule has 18 heavy (non-hydrogen) atoms. The lowest BCUT2D eigenvalue weighted by Crippen LogP contribution is -2.36. The number of benzene rings is 1. The van der Waals surface area contributed by atoms with Crippen molar-refractivity contribution in [1.82, 2.24) is 0 Å². The largest absolute Gasteiger partial charge is 0.392 e. The Kier molecular flexibility index (Phi) is 4.92. The van der Waals surface area contributed by atoms with Crippen molar-refractivity contribution in [3.63, 3.8) is 0 Å². The van der Waals surface area contributed by atoms with Gasteiger partial charge in [0.15, 0.2) is 0 Å². The van der Waals surface area contributed by atoms with Crippen LogP contribution in [-0.4, -0.2) is 33.2 Å². The molecule has 1 aliphatic heterocycles. The minimum atomic E-state index is -0.704. The number of hydrogen-bond acceptors (Lipinski definition) is 3. The minimum absolute atomic E-state index is 0.00614. The van der Waals surface area contributed by atoms with Crippen LogP contribution in [0.15, 0.2) is 18.2 Å². The highest BCUT2D eigenvalue weighted by molar-refractivity contribution is 8.07. The van der Waals surface area contributed by atoms with Gasteiger partial charge in [-0.15, -0.1) is 0 Å². The van der Waals surface area contributed by atoms with E-state index in [1.807, 2.05) is 0 Å². The maximum Gasteiger partial charge on any atom is 0.129 e. The average molecular weight is 290 g/mol. The lowest BCUT2D eigenvalue weighted by Gasteiger charge is -2.31. The predicted octanol–water partition coefficient (Wildman–Crippen LogP) is 3.11. The summed E-state index contributed by atoms with van der Waals surface area (Å²) in [5, 5.41) is 10.5. The fourth-order valence-electron chi connectivity index (χ4n) is 2.13. The molecule has 1 nitrogen and oxygen atoms in total. The number of rotatable bonds is 3. The summed E-state index contributed by atoms with van der Waals surface area (Å²) in [6, 6.07) is 3.81. The van der Waals surface area contributed by atoms with Crippen LogP contribution in [0.5, 0.6) is 0 Å². The summed E-state index contributed by atoms with van der Waals surface area (Å²) >= 11 is 3.50. The predicted molar refractivity (Wildman–Crippen MR) is 74.2 cm³/mol. The van der Waals surface area contributed by atoms with Crippen LogP contribution in [0.25, 0.3) is 0 Å². The summed E-state index contributed by atoms with van der Waals surface area (Å²) in [7, 11) is 0. The second-order valence-electron chi connectivity index (χ2n) is 4.38. The molecule has 0 spiro atoms. The summed E-state index contributed by atoms with van der Waals surface area (Å²) in [5.41, 5.74) is -0.00614. The average Bonchev–Trinajstić information content (AvgIpc) is 2.34. The number of thioether (sulfide) groups is 2. The lowest BCUT2D eigenvalue weighted by atomic mass is 10.0. The first-order valence-corrected chi connectivity index (χ1v) is 8.03. The molecule has 0 bridgehead atoms. The second-order valence-corrected chi connectivity index (χ2v) is 7.15. The fraction of sp³-hybridized carbons (Fsp3) is 0.538. The highest BCUT2D eigenvalue weighted by atomic mass is 32.2. The number of halogens is 2. The minimum Gasteiger partial charge on any atom is -0.392 e. The first-order valence-electron chi connectivity index (χ1n) is 5.93. The molecule has 1 heterocycles. The third-order valence-corrected chi connectivity index (χ3v) is 6.33. The molecule has 100 valence electrons. The molecule has 1 aromatic carbocycles. The third kappa shape index (κ3) is 3.19. The quantitative estimate of drug-likeness (QED) is 0.924. The number of hydrogen-bond donors (Lipinski definition) is 1. The Morgan fingerprint density at radius 2 is 1.89 bits per heavy atom. The van der Waals surface area contributed by atoms with Gasteiger partial charge in [0.05, 0.1) is 6.10 Å². The van der Waals surface area contributed by atoms with E-state index in [-0.39, 0.29) is 17.2 Å². The van der Waals surface area contributed by atoms with Crippen molar-refractivity contribution in [3.05, 3.63) is 35.4 Å². The number of aliphatic hydroxyl groups excluding tert-OH is 1. The van der Waals surface area contributed by atoms with Crippen LogP contribution >= 0.6 is 23.5 Å². The molecule has 1 N–H and O–H groups in total. The first kappa shape index (κ1) is 14.2. The van der Waals surface area contributed by atoms with Gasteiger partial charge in [-0.05, 0) is 12.1 Å². The molecule has 5 heteroatoms. The SMILES string of the molecule is CC1SCCSC1C(O)Cc1c(F)cccc1F. The molecule has 3 atom stereocenters. The van der Waals surface area contributed by atoms with Crippen molar-refractivity contribution in [2.24, 2.45) is 0 Å². The zero-order valence-electron chi connectivity index (χ0n) is 10.1. The Labute approximate surface area is 114 Å². The molecular weight excluding hydrogens is 274 g/mol. The van der Waals surface area contributed by atoms with Crippen molar-refractivity contribution in [2.75, 3.05) is 11.5 Å². The first-order chi connectivity index (χ1) is 8.59. The van der Waals surface area contributed by atoms with Gasteiger partial charge in [0.25, 0.3) is 0 Å². The van der Waals surface area contributed by atoms with Crippen molar-refractivity contribution in [2.45, 2.75) is 29.9 Å². The Morgan fingerprint density at radius 3 is 2.50 bits per heavy atom. The van der Waals surface area contributed by atoms with Gasteiger partial charge in [-0.25, -0.2) is 8.78 Å². The highest BCUT2D eigenvalue weighted by Gasteiger charge is 2.30. The lowest BCUT2D eigenvalue weighted by molar-refractivity contribution is 0.168. The molecule has 0 aromatic heterocycles. The van der Waals surface area contributed by atoms with Crippen LogP contribution in [0.1, 0.15) is 12.5 Å². The van der Waals surface area contributed by atoms with E-state index in [0.717, 1.165) is 11.5 Å². The monoisotopic (exact) mass is 290 g/mol. The molecule has 1 aromatic rings. The summed E-state index contributed by atoms with van der Waals surface area (Å²) in [6.45, 7) is 2.06. The summed E-state index contributed by atoms with van der Waals surface area (Å²) in [5.74, 6) is 0.907. The fourth-order valence-corrected chi connectivity index (χ4v) is 4.97. The molecule has 2 rings (SSSR count). The van der Waals surface area contributed by atoms with Gasteiger partial charge in [0.2, 0.25) is 0 Å². The van der Waals surface area contributed by atoms with Crippen LogP contribution in [0.2, 0.25) is 0 Å². The smallest absolute Gasteiger partial charge is 0.129 e. The van der Waals surface area contributed by atoms with Crippen LogP contribution in [0, 0.1) is 11.6 Å². The Balaban J connectivity index is 2.08. The zero-order chi connectivity index (χ0) is 13.1. The standard InChI is InChI=1S/C13H16F2OS2/c1-8-13(18-6-5-17-8)12(16)7-9-10(14)3-2-4-11(9)15/h2-4,8,12-13,16H,5-7H2,1H3. The molecular formula is C13H16F2OS2. The van der Waals surface area contributed by atoms with Gasteiger partial charge >= 0.3 is 0 Å². The summed E-state index contributed by atoms with van der Waals surface area (Å²) in [4.78, 5) is 0. The molecule has 1 saturated heterocycles. The van der Waals surface area contributed by atoms with Crippen molar-refractivity contribution in [3.8, 4) is 0 Å². The van der Waals surface area contributed by atoms with E-state index < -0.39 is 17.7 Å². The topological polar surface area (TPSA) is 20.2 Å². The van der Waals surface area contributed by atoms with Gasteiger partial charge in [-0.2, -0.15) is 23.5 Å². The Morgan fingerprint density at radius 1 is 1.28 bits per heavy atom. The zero-order valence-corrected chi connectivity index (χ0v) is 11.7. The third-order valence-electron chi connectivity index (χ3n) is 3.09. The molecule has 0 amide bonds. The van der Waals surface area contributed by atoms with Gasteiger partial charge in [-0.3, -0.25) is 0 Å². The van der Waals surface area contributed by atoms with Crippen LogP contribution in [0.3, 0.4) is 0 Å². The van der Waals surface area contributed by atoms with Gasteiger partial charge < -0.3 is 5.11 Å². The maximum atomic E-state index is 13.5. The Hall–Kier alpha value is -0.260. The van der Waals surface area contributed by atoms with E-state index in [1.165, 1.54) is 18.2 Å². The second kappa shape index (κ2) is 6.26. The van der Waals surface area contributed by atoms with E-state index >= 15 is 0 Å². The van der Waals surface area contributed by atoms with E-state index in [2.05, 4.69) is 6.92 Å². The van der Waals surface area contributed by atoms with Crippen molar-refractivity contribution < 1.29 is 13.9 Å². The summed E-state index contributed by atoms with van der Waals surface area (Å²) in [6.07, 6.45) is -0.662. The molecule has 0 radical (unpaired) electrons. The van der Waals surface area contributed by atoms with Gasteiger partial charge in [0, 0.05) is 34.0 Å². The van der Waals surface area contributed by atoms with Crippen molar-refractivity contribution >= 4 is 23.5 Å². The highest BCUT2D eigenvalue weighted by Crippen LogP contribution is 2.34. The van der Waals surface area contributed by atoms with Crippen molar-refractivity contribution in [1.29, 1.82) is 0 Å². The normalized spacial score (nSPS) is 26.0. The molecule has 0 aliphatic carbocycles. The van der Waals surface area contributed by atoms with E-state index in [4.69, 9.17) is 0 Å². The molecule has 3 unspecified atom stereocenters. The van der Waals surface area contributed by atoms with Crippen LogP contribution in [-0.2, 0) is 6.42 Å². The maximum absolute atomic E-state index is 13.5. The van der Waals surface area contributed by atoms with E-state index in [9.17, 15) is 13.9 Å². The molecule has 0 saturated carbocycles. The van der Waals surface area contributed by atoms with E-state index in [0.29, 0.717) is 5.25 Å². The molecule has 1 aliphatic rings. The van der Waals surface area contributed by atoms with Gasteiger partial charge in [-0.1, -0.05) is 13.0 Å². The van der Waals surface area contributed by atoms with Crippen LogP contribution in [0.4, 0.5) is 8.78 Å². The van der Waals surface area contributed by atoms with Gasteiger partial charge in [0.1, 0.15) is 11.6 Å². The van der Waals surface area contributed by atoms with E-state index in [1.54, 1.807) is 23.5 Å². The summed E-state index contributed by atoms with van der Waals surface area (Å²) < 4.78 is 27.0. The number of aliphatic hydroxyl groups is 1. The molecule has 1 fully saturated rings. The van der Waals surface area contributed by atoms with Crippen LogP contribution < -0.4 is 0 Å².